The summed E-state index contributed by atoms with van der Waals surface area (Å²) in [5.41, 5.74) is 0.795. The maximum Gasteiger partial charge on any atom is 0.304 e. The Morgan fingerprint density at radius 1 is 1.41 bits per heavy atom. The molecule has 0 radical (unpaired) electrons. The van der Waals surface area contributed by atoms with Gasteiger partial charge in [-0.05, 0) is 11.6 Å². The summed E-state index contributed by atoms with van der Waals surface area (Å²) in [4.78, 5) is 16.6. The standard InChI is InChI=1S/C10H10FNO4S/c1-16-12-9(6-17(11,14)15)7-4-2-3-5-8(7)10(12)13/h2-5,9H,6H2,1H3. The third kappa shape index (κ3) is 2.16. The minimum atomic E-state index is -4.69. The first-order valence-corrected chi connectivity index (χ1v) is 6.38. The zero-order valence-corrected chi connectivity index (χ0v) is 9.78. The number of rotatable bonds is 3. The van der Waals surface area contributed by atoms with Gasteiger partial charge in [0.1, 0.15) is 11.8 Å². The van der Waals surface area contributed by atoms with Crippen LogP contribution in [0.1, 0.15) is 22.0 Å². The van der Waals surface area contributed by atoms with Crippen molar-refractivity contribution >= 4 is 16.1 Å². The molecule has 0 bridgehead atoms. The van der Waals surface area contributed by atoms with Gasteiger partial charge in [0.15, 0.2) is 0 Å². The Hall–Kier alpha value is -1.47. The molecule has 7 heteroatoms. The lowest BCUT2D eigenvalue weighted by Gasteiger charge is -2.20. The maximum atomic E-state index is 12.8. The van der Waals surface area contributed by atoms with E-state index < -0.39 is 27.9 Å². The second-order valence-electron chi connectivity index (χ2n) is 3.62. The van der Waals surface area contributed by atoms with Crippen LogP contribution >= 0.6 is 0 Å². The second-order valence-corrected chi connectivity index (χ2v) is 5.03. The lowest BCUT2D eigenvalue weighted by Crippen LogP contribution is -2.30. The lowest BCUT2D eigenvalue weighted by atomic mass is 10.1. The van der Waals surface area contributed by atoms with Crippen molar-refractivity contribution in [2.24, 2.45) is 0 Å². The van der Waals surface area contributed by atoms with Crippen LogP contribution in [0.4, 0.5) is 3.89 Å². The molecule has 0 saturated carbocycles. The lowest BCUT2D eigenvalue weighted by molar-refractivity contribution is -0.113. The summed E-state index contributed by atoms with van der Waals surface area (Å²) in [7, 11) is -3.45. The molecule has 2 rings (SSSR count). The van der Waals surface area contributed by atoms with Crippen molar-refractivity contribution in [3.05, 3.63) is 35.4 Å². The van der Waals surface area contributed by atoms with E-state index in [1.54, 1.807) is 24.3 Å². The van der Waals surface area contributed by atoms with E-state index in [1.807, 2.05) is 0 Å². The van der Waals surface area contributed by atoms with Crippen LogP contribution in [-0.2, 0) is 15.1 Å². The van der Waals surface area contributed by atoms with Crippen LogP contribution in [0.2, 0.25) is 0 Å². The summed E-state index contributed by atoms with van der Waals surface area (Å²) in [5, 5.41) is 0.877. The van der Waals surface area contributed by atoms with Crippen LogP contribution in [0.5, 0.6) is 0 Å². The number of carbonyl (C=O) groups excluding carboxylic acids is 1. The molecule has 0 saturated heterocycles. The van der Waals surface area contributed by atoms with Gasteiger partial charge in [-0.25, -0.2) is 5.06 Å². The number of hydroxylamine groups is 2. The molecule has 5 nitrogen and oxygen atoms in total. The van der Waals surface area contributed by atoms with Crippen LogP contribution in [-0.4, -0.2) is 32.3 Å². The molecule has 1 unspecified atom stereocenters. The fourth-order valence-electron chi connectivity index (χ4n) is 1.93. The van der Waals surface area contributed by atoms with Crippen molar-refractivity contribution in [1.29, 1.82) is 0 Å². The number of halogens is 1. The van der Waals surface area contributed by atoms with Gasteiger partial charge in [-0.3, -0.25) is 9.63 Å². The molecule has 0 N–H and O–H groups in total. The molecule has 17 heavy (non-hydrogen) atoms. The summed E-state index contributed by atoms with van der Waals surface area (Å²) in [5.74, 6) is -1.26. The number of nitrogens with zero attached hydrogens (tertiary/aromatic N) is 1. The average molecular weight is 259 g/mol. The highest BCUT2D eigenvalue weighted by Crippen LogP contribution is 2.34. The van der Waals surface area contributed by atoms with Crippen LogP contribution in [0.3, 0.4) is 0 Å². The molecule has 0 fully saturated rings. The Bertz CT molecular complexity index is 557. The first kappa shape index (κ1) is 12.0. The predicted octanol–water partition coefficient (Wildman–Crippen LogP) is 1.04. The smallest absolute Gasteiger partial charge is 0.273 e. The van der Waals surface area contributed by atoms with Crippen LogP contribution < -0.4 is 0 Å². The molecule has 1 aromatic carbocycles. The van der Waals surface area contributed by atoms with Crippen LogP contribution in [0.15, 0.2) is 24.3 Å². The zero-order valence-electron chi connectivity index (χ0n) is 8.96. The maximum absolute atomic E-state index is 12.8. The Kier molecular flexibility index (Phi) is 2.88. The predicted molar refractivity (Wildman–Crippen MR) is 57.3 cm³/mol. The Balaban J connectivity index is 2.46. The Labute approximate surface area is 98.0 Å². The summed E-state index contributed by atoms with van der Waals surface area (Å²) in [6, 6.07) is 5.51. The van der Waals surface area contributed by atoms with Crippen molar-refractivity contribution in [2.45, 2.75) is 6.04 Å². The number of hydrogen-bond donors (Lipinski definition) is 0. The normalized spacial score (nSPS) is 19.5. The highest BCUT2D eigenvalue weighted by atomic mass is 32.3. The van der Waals surface area contributed by atoms with E-state index in [4.69, 9.17) is 4.84 Å². The van der Waals surface area contributed by atoms with E-state index in [-0.39, 0.29) is 0 Å². The SMILES string of the molecule is CON1C(=O)c2ccccc2C1CS(=O)(=O)F. The van der Waals surface area contributed by atoms with Gasteiger partial charge in [0, 0.05) is 5.56 Å². The average Bonchev–Trinajstić information content (AvgIpc) is 2.51. The third-order valence-corrected chi connectivity index (χ3v) is 3.30. The number of carbonyl (C=O) groups is 1. The van der Waals surface area contributed by atoms with E-state index in [1.165, 1.54) is 7.11 Å². The molecule has 0 aromatic heterocycles. The largest absolute Gasteiger partial charge is 0.304 e. The number of hydrogen-bond acceptors (Lipinski definition) is 4. The quantitative estimate of drug-likeness (QED) is 0.761. The van der Waals surface area contributed by atoms with Crippen molar-refractivity contribution in [3.8, 4) is 0 Å². The fraction of sp³-hybridized carbons (Fsp3) is 0.300. The Morgan fingerprint density at radius 2 is 2.06 bits per heavy atom. The molecular formula is C10H10FNO4S. The molecular weight excluding hydrogens is 249 g/mol. The van der Waals surface area contributed by atoms with E-state index in [9.17, 15) is 17.1 Å². The van der Waals surface area contributed by atoms with E-state index in [2.05, 4.69) is 0 Å². The summed E-state index contributed by atoms with van der Waals surface area (Å²) < 4.78 is 34.2. The number of benzene rings is 1. The highest BCUT2D eigenvalue weighted by molar-refractivity contribution is 7.86. The van der Waals surface area contributed by atoms with Crippen molar-refractivity contribution < 1.29 is 21.9 Å². The van der Waals surface area contributed by atoms with Gasteiger partial charge in [-0.2, -0.15) is 8.42 Å². The molecule has 1 heterocycles. The fourth-order valence-corrected chi connectivity index (χ4v) is 2.62. The molecule has 0 aliphatic carbocycles. The minimum absolute atomic E-state index is 0.336. The van der Waals surface area contributed by atoms with Gasteiger partial charge < -0.3 is 0 Å². The van der Waals surface area contributed by atoms with Crippen molar-refractivity contribution in [1.82, 2.24) is 5.06 Å². The van der Waals surface area contributed by atoms with Crippen molar-refractivity contribution in [3.63, 3.8) is 0 Å². The zero-order chi connectivity index (χ0) is 12.6. The molecule has 1 amide bonds. The van der Waals surface area contributed by atoms with Gasteiger partial charge in [0.05, 0.1) is 7.11 Å². The van der Waals surface area contributed by atoms with Gasteiger partial charge in [-0.1, -0.05) is 18.2 Å². The first-order valence-electron chi connectivity index (χ1n) is 4.83. The van der Waals surface area contributed by atoms with Gasteiger partial charge >= 0.3 is 10.2 Å². The molecule has 1 aliphatic heterocycles. The molecule has 1 aliphatic rings. The van der Waals surface area contributed by atoms with Crippen molar-refractivity contribution in [2.75, 3.05) is 12.9 Å². The third-order valence-electron chi connectivity index (χ3n) is 2.59. The molecule has 1 aromatic rings. The van der Waals surface area contributed by atoms with Gasteiger partial charge in [-0.15, -0.1) is 3.89 Å². The van der Waals surface area contributed by atoms with E-state index >= 15 is 0 Å². The number of amides is 1. The molecule has 1 atom stereocenters. The van der Waals surface area contributed by atoms with Gasteiger partial charge in [0.25, 0.3) is 5.91 Å². The summed E-state index contributed by atoms with van der Waals surface area (Å²) in [6.45, 7) is 0. The Morgan fingerprint density at radius 3 is 2.65 bits per heavy atom. The van der Waals surface area contributed by atoms with Crippen LogP contribution in [0, 0.1) is 0 Å². The van der Waals surface area contributed by atoms with E-state index in [0.29, 0.717) is 11.1 Å². The molecule has 92 valence electrons. The second kappa shape index (κ2) is 4.08. The van der Waals surface area contributed by atoms with Crippen LogP contribution in [0.25, 0.3) is 0 Å². The number of fused-ring (bicyclic) bond motifs is 1. The van der Waals surface area contributed by atoms with Gasteiger partial charge in [0.2, 0.25) is 0 Å². The summed E-state index contributed by atoms with van der Waals surface area (Å²) in [6.07, 6.45) is 0. The topological polar surface area (TPSA) is 63.7 Å². The highest BCUT2D eigenvalue weighted by Gasteiger charge is 2.39. The first-order chi connectivity index (χ1) is 7.94. The monoisotopic (exact) mass is 259 g/mol. The minimum Gasteiger partial charge on any atom is -0.273 e. The summed E-state index contributed by atoms with van der Waals surface area (Å²) >= 11 is 0. The molecule has 0 spiro atoms. The van der Waals surface area contributed by atoms with E-state index in [0.717, 1.165) is 5.06 Å².